The van der Waals surface area contributed by atoms with Gasteiger partial charge in [-0.2, -0.15) is 0 Å². The van der Waals surface area contributed by atoms with Crippen molar-refractivity contribution in [2.24, 2.45) is 0 Å². The Morgan fingerprint density at radius 3 is 2.62 bits per heavy atom. The van der Waals surface area contributed by atoms with Crippen LogP contribution in [0.15, 0.2) is 24.4 Å². The lowest BCUT2D eigenvalue weighted by atomic mass is 9.95. The summed E-state index contributed by atoms with van der Waals surface area (Å²) in [5, 5.41) is 15.5. The molecule has 2 aliphatic rings. The van der Waals surface area contributed by atoms with Gasteiger partial charge in [0.25, 0.3) is 0 Å². The number of nitrogens with one attached hydrogen (secondary N) is 1. The molecule has 32 heavy (non-hydrogen) atoms. The van der Waals surface area contributed by atoms with Crippen LogP contribution in [0, 0.1) is 0 Å². The van der Waals surface area contributed by atoms with Crippen molar-refractivity contribution < 1.29 is 19.4 Å². The fourth-order valence-electron chi connectivity index (χ4n) is 5.09. The van der Waals surface area contributed by atoms with Crippen molar-refractivity contribution in [2.45, 2.75) is 76.3 Å². The van der Waals surface area contributed by atoms with Crippen molar-refractivity contribution in [3.05, 3.63) is 35.0 Å². The number of fused-ring (bicyclic) bond motifs is 3. The molecule has 2 saturated heterocycles. The summed E-state index contributed by atoms with van der Waals surface area (Å²) in [6, 6.07) is 6.30. The maximum Gasteiger partial charge on any atom is 0.407 e. The molecule has 8 heteroatoms. The number of ether oxygens (including phenoxy) is 2. The van der Waals surface area contributed by atoms with Gasteiger partial charge in [0, 0.05) is 41.8 Å². The highest BCUT2D eigenvalue weighted by Gasteiger charge is 2.42. The smallest absolute Gasteiger partial charge is 0.407 e. The number of amides is 1. The van der Waals surface area contributed by atoms with Gasteiger partial charge in [0.15, 0.2) is 0 Å². The molecule has 4 rings (SSSR count). The minimum atomic E-state index is -0.751. The molecule has 3 unspecified atom stereocenters. The zero-order valence-corrected chi connectivity index (χ0v) is 19.9. The van der Waals surface area contributed by atoms with Crippen LogP contribution in [-0.2, 0) is 4.74 Å². The van der Waals surface area contributed by atoms with Crippen molar-refractivity contribution >= 4 is 28.6 Å². The largest absolute Gasteiger partial charge is 0.497 e. The third kappa shape index (κ3) is 4.95. The first-order valence-corrected chi connectivity index (χ1v) is 11.6. The Balaban J connectivity index is 1.47. The highest BCUT2D eigenvalue weighted by Crippen LogP contribution is 2.39. The van der Waals surface area contributed by atoms with E-state index in [0.29, 0.717) is 35.0 Å². The van der Waals surface area contributed by atoms with Crippen molar-refractivity contribution in [2.75, 3.05) is 13.7 Å². The van der Waals surface area contributed by atoms with E-state index in [1.54, 1.807) is 13.3 Å². The number of aliphatic hydroxyl groups is 1. The minimum absolute atomic E-state index is 0.0883. The summed E-state index contributed by atoms with van der Waals surface area (Å²) in [5.74, 6) is 0.698. The summed E-state index contributed by atoms with van der Waals surface area (Å²) in [5.41, 5.74) is 0.944. The number of alkyl carbamates (subject to hydrolysis) is 1. The standard InChI is InChI=1S/C24H32ClN3O4/c1-24(2,3)32-23(30)27-14-9-15-5-6-16(10-14)28(15)13-21(29)22-18-11-17(31-4)7-8-20(18)26-12-19(22)25/h7-8,11-12,14-16,21,29H,5-6,9-10,13H2,1-4H3,(H,27,30). The predicted molar refractivity (Wildman–Crippen MR) is 124 cm³/mol. The highest BCUT2D eigenvalue weighted by molar-refractivity contribution is 6.32. The number of pyridine rings is 1. The molecule has 0 saturated carbocycles. The Hall–Kier alpha value is -2.09. The lowest BCUT2D eigenvalue weighted by Crippen LogP contribution is -2.52. The minimum Gasteiger partial charge on any atom is -0.497 e. The topological polar surface area (TPSA) is 83.9 Å². The Bertz CT molecular complexity index is 979. The maximum absolute atomic E-state index is 12.2. The van der Waals surface area contributed by atoms with E-state index in [9.17, 15) is 9.90 Å². The van der Waals surface area contributed by atoms with Gasteiger partial charge in [0.05, 0.1) is 23.8 Å². The number of hydrogen-bond acceptors (Lipinski definition) is 6. The van der Waals surface area contributed by atoms with E-state index in [1.165, 1.54) is 0 Å². The summed E-state index contributed by atoms with van der Waals surface area (Å²) in [4.78, 5) is 19.0. The van der Waals surface area contributed by atoms with E-state index in [1.807, 2.05) is 39.0 Å². The number of nitrogens with zero attached hydrogens (tertiary/aromatic N) is 2. The Labute approximate surface area is 194 Å². The monoisotopic (exact) mass is 461 g/mol. The average molecular weight is 462 g/mol. The number of methoxy groups -OCH3 is 1. The summed E-state index contributed by atoms with van der Waals surface area (Å²) in [7, 11) is 1.61. The number of halogens is 1. The third-order valence-electron chi connectivity index (χ3n) is 6.39. The van der Waals surface area contributed by atoms with Gasteiger partial charge in [-0.1, -0.05) is 11.6 Å². The third-order valence-corrected chi connectivity index (χ3v) is 6.69. The van der Waals surface area contributed by atoms with Crippen LogP contribution in [0.4, 0.5) is 4.79 Å². The second kappa shape index (κ2) is 9.04. The number of benzene rings is 1. The van der Waals surface area contributed by atoms with E-state index in [0.717, 1.165) is 36.6 Å². The second-order valence-electron chi connectivity index (χ2n) is 9.82. The number of aromatic nitrogens is 1. The molecule has 7 nitrogen and oxygen atoms in total. The van der Waals surface area contributed by atoms with E-state index < -0.39 is 11.7 Å². The van der Waals surface area contributed by atoms with Gasteiger partial charge in [-0.25, -0.2) is 4.79 Å². The molecule has 1 aromatic heterocycles. The van der Waals surface area contributed by atoms with E-state index in [-0.39, 0.29) is 12.1 Å². The number of piperidine rings is 1. The van der Waals surface area contributed by atoms with Crippen LogP contribution in [0.3, 0.4) is 0 Å². The fraction of sp³-hybridized carbons (Fsp3) is 0.583. The predicted octanol–water partition coefficient (Wildman–Crippen LogP) is 4.45. The van der Waals surface area contributed by atoms with Crippen molar-refractivity contribution in [1.29, 1.82) is 0 Å². The molecule has 2 aromatic rings. The maximum atomic E-state index is 12.2. The first kappa shape index (κ1) is 23.1. The molecule has 0 radical (unpaired) electrons. The molecular formula is C24H32ClN3O4. The Morgan fingerprint density at radius 2 is 2.00 bits per heavy atom. The van der Waals surface area contributed by atoms with Gasteiger partial charge >= 0.3 is 6.09 Å². The fourth-order valence-corrected chi connectivity index (χ4v) is 5.37. The van der Waals surface area contributed by atoms with Gasteiger partial charge in [-0.05, 0) is 64.7 Å². The number of carbonyl (C=O) groups excluding carboxylic acids is 1. The van der Waals surface area contributed by atoms with Crippen LogP contribution in [0.1, 0.15) is 58.1 Å². The zero-order chi connectivity index (χ0) is 23.0. The first-order chi connectivity index (χ1) is 15.1. The van der Waals surface area contributed by atoms with Crippen molar-refractivity contribution in [3.8, 4) is 5.75 Å². The Morgan fingerprint density at radius 1 is 1.31 bits per heavy atom. The highest BCUT2D eigenvalue weighted by atomic mass is 35.5. The average Bonchev–Trinajstić information content (AvgIpc) is 2.93. The van der Waals surface area contributed by atoms with Gasteiger partial charge in [0.2, 0.25) is 0 Å². The van der Waals surface area contributed by atoms with Crippen molar-refractivity contribution in [3.63, 3.8) is 0 Å². The lowest BCUT2D eigenvalue weighted by Gasteiger charge is -2.40. The Kier molecular flexibility index (Phi) is 6.52. The first-order valence-electron chi connectivity index (χ1n) is 11.2. The molecule has 2 bridgehead atoms. The molecule has 174 valence electrons. The molecule has 2 N–H and O–H groups in total. The lowest BCUT2D eigenvalue weighted by molar-refractivity contribution is 0.0348. The second-order valence-corrected chi connectivity index (χ2v) is 10.2. The number of carbonyl (C=O) groups is 1. The molecule has 0 spiro atoms. The molecule has 1 aromatic carbocycles. The molecule has 0 aliphatic carbocycles. The normalized spacial score (nSPS) is 24.4. The quantitative estimate of drug-likeness (QED) is 0.684. The molecule has 3 atom stereocenters. The molecule has 2 aliphatic heterocycles. The summed E-state index contributed by atoms with van der Waals surface area (Å²) in [6.07, 6.45) is 4.30. The SMILES string of the molecule is COc1ccc2ncc(Cl)c(C(O)CN3C4CCC3CC(NC(=O)OC(C)(C)C)C4)c2c1. The van der Waals surface area contributed by atoms with Gasteiger partial charge in [-0.3, -0.25) is 9.88 Å². The summed E-state index contributed by atoms with van der Waals surface area (Å²) in [6.45, 7) is 6.09. The number of hydrogen-bond donors (Lipinski definition) is 2. The number of rotatable bonds is 5. The van der Waals surface area contributed by atoms with Crippen LogP contribution in [-0.4, -0.2) is 58.5 Å². The van der Waals surface area contributed by atoms with E-state index >= 15 is 0 Å². The summed E-state index contributed by atoms with van der Waals surface area (Å²) < 4.78 is 10.8. The molecule has 3 heterocycles. The van der Waals surface area contributed by atoms with Crippen LogP contribution in [0.2, 0.25) is 5.02 Å². The summed E-state index contributed by atoms with van der Waals surface area (Å²) >= 11 is 6.49. The van der Waals surface area contributed by atoms with Crippen LogP contribution in [0.5, 0.6) is 5.75 Å². The van der Waals surface area contributed by atoms with Gasteiger partial charge in [0.1, 0.15) is 11.4 Å². The molecule has 2 fully saturated rings. The molecule has 1 amide bonds. The molecular weight excluding hydrogens is 430 g/mol. The zero-order valence-electron chi connectivity index (χ0n) is 19.1. The van der Waals surface area contributed by atoms with Crippen LogP contribution >= 0.6 is 11.6 Å². The van der Waals surface area contributed by atoms with E-state index in [2.05, 4.69) is 15.2 Å². The number of aliphatic hydroxyl groups excluding tert-OH is 1. The van der Waals surface area contributed by atoms with Crippen LogP contribution in [0.25, 0.3) is 10.9 Å². The van der Waals surface area contributed by atoms with Crippen molar-refractivity contribution in [1.82, 2.24) is 15.2 Å². The van der Waals surface area contributed by atoms with E-state index in [4.69, 9.17) is 21.1 Å². The van der Waals surface area contributed by atoms with Gasteiger partial charge < -0.3 is 19.9 Å². The van der Waals surface area contributed by atoms with Crippen LogP contribution < -0.4 is 10.1 Å². The van der Waals surface area contributed by atoms with Gasteiger partial charge in [-0.15, -0.1) is 0 Å².